The zero-order valence-corrected chi connectivity index (χ0v) is 5.43. The van der Waals surface area contributed by atoms with Crippen molar-refractivity contribution in [3.8, 4) is 0 Å². The van der Waals surface area contributed by atoms with Crippen LogP contribution in [-0.4, -0.2) is 4.89 Å². The second kappa shape index (κ2) is 3.00. The average Bonchev–Trinajstić information content (AvgIpc) is 1.27. The first-order chi connectivity index (χ1) is 3.13. The SMILES string of the molecule is CC(C)=C[PH](=O)O. The standard InChI is InChI=1S/C4H9O2P/c1-4(2)3-7(5)6/h3,7H,1-2H3,(H,5,6). The van der Waals surface area contributed by atoms with Crippen LogP contribution in [0.2, 0.25) is 0 Å². The van der Waals surface area contributed by atoms with E-state index in [0.717, 1.165) is 5.57 Å². The zero-order chi connectivity index (χ0) is 5.86. The monoisotopic (exact) mass is 120 g/mol. The lowest BCUT2D eigenvalue weighted by atomic mass is 10.4. The molecule has 1 atom stereocenters. The van der Waals surface area contributed by atoms with Gasteiger partial charge in [-0.05, 0) is 19.7 Å². The van der Waals surface area contributed by atoms with Gasteiger partial charge in [-0.2, -0.15) is 0 Å². The third-order valence-corrected chi connectivity index (χ3v) is 1.24. The highest BCUT2D eigenvalue weighted by Crippen LogP contribution is 2.16. The van der Waals surface area contributed by atoms with Crippen molar-refractivity contribution in [2.24, 2.45) is 0 Å². The molecule has 0 spiro atoms. The molecule has 1 unspecified atom stereocenters. The maximum absolute atomic E-state index is 9.92. The second-order valence-electron chi connectivity index (χ2n) is 1.56. The zero-order valence-electron chi connectivity index (χ0n) is 4.43. The van der Waals surface area contributed by atoms with E-state index in [2.05, 4.69) is 0 Å². The molecule has 0 aliphatic heterocycles. The van der Waals surface area contributed by atoms with Crippen molar-refractivity contribution in [1.29, 1.82) is 0 Å². The molecule has 1 N–H and O–H groups in total. The number of rotatable bonds is 1. The van der Waals surface area contributed by atoms with E-state index in [-0.39, 0.29) is 0 Å². The van der Waals surface area contributed by atoms with Gasteiger partial charge in [-0.1, -0.05) is 5.57 Å². The van der Waals surface area contributed by atoms with Gasteiger partial charge in [0.25, 0.3) is 0 Å². The van der Waals surface area contributed by atoms with Crippen molar-refractivity contribution in [3.63, 3.8) is 0 Å². The average molecular weight is 120 g/mol. The fourth-order valence-electron chi connectivity index (χ4n) is 0.247. The summed E-state index contributed by atoms with van der Waals surface area (Å²) in [5.74, 6) is 1.35. The summed E-state index contributed by atoms with van der Waals surface area (Å²) in [4.78, 5) is 8.19. The fourth-order valence-corrected chi connectivity index (χ4v) is 0.741. The lowest BCUT2D eigenvalue weighted by Crippen LogP contribution is -1.56. The maximum Gasteiger partial charge on any atom is 0.211 e. The molecule has 0 radical (unpaired) electrons. The topological polar surface area (TPSA) is 37.3 Å². The molecule has 0 aromatic carbocycles. The van der Waals surface area contributed by atoms with Gasteiger partial charge >= 0.3 is 0 Å². The van der Waals surface area contributed by atoms with Crippen LogP contribution >= 0.6 is 8.03 Å². The Bertz CT molecular complexity index is 102. The van der Waals surface area contributed by atoms with Crippen molar-refractivity contribution in [1.82, 2.24) is 0 Å². The molecule has 3 heteroatoms. The highest BCUT2D eigenvalue weighted by Gasteiger charge is 1.79. The molecule has 0 aliphatic carbocycles. The van der Waals surface area contributed by atoms with Gasteiger partial charge in [-0.25, -0.2) is 0 Å². The molecular weight excluding hydrogens is 111 g/mol. The molecule has 2 nitrogen and oxygen atoms in total. The van der Waals surface area contributed by atoms with Crippen molar-refractivity contribution in [2.75, 3.05) is 0 Å². The summed E-state index contributed by atoms with van der Waals surface area (Å²) >= 11 is 0. The second-order valence-corrected chi connectivity index (χ2v) is 2.53. The van der Waals surface area contributed by atoms with Crippen LogP contribution in [0.15, 0.2) is 11.4 Å². The van der Waals surface area contributed by atoms with Gasteiger partial charge in [-0.3, -0.25) is 4.57 Å². The quantitative estimate of drug-likeness (QED) is 0.530. The van der Waals surface area contributed by atoms with E-state index in [1.54, 1.807) is 13.8 Å². The summed E-state index contributed by atoms with van der Waals surface area (Å²) in [5.41, 5.74) is 0.895. The van der Waals surface area contributed by atoms with Crippen LogP contribution in [0.25, 0.3) is 0 Å². The minimum absolute atomic E-state index is 0.895. The molecule has 0 saturated heterocycles. The molecule has 42 valence electrons. The lowest BCUT2D eigenvalue weighted by molar-refractivity contribution is 0.512. The molecule has 0 aromatic heterocycles. The van der Waals surface area contributed by atoms with Crippen LogP contribution in [0.5, 0.6) is 0 Å². The summed E-state index contributed by atoms with van der Waals surface area (Å²) in [6.07, 6.45) is 0. The first-order valence-electron chi connectivity index (χ1n) is 2.01. The summed E-state index contributed by atoms with van der Waals surface area (Å²) in [7, 11) is -2.35. The van der Waals surface area contributed by atoms with Crippen LogP contribution < -0.4 is 0 Å². The summed E-state index contributed by atoms with van der Waals surface area (Å²) < 4.78 is 9.92. The van der Waals surface area contributed by atoms with Crippen LogP contribution in [0.4, 0.5) is 0 Å². The summed E-state index contributed by atoms with van der Waals surface area (Å²) in [6, 6.07) is 0. The van der Waals surface area contributed by atoms with E-state index in [0.29, 0.717) is 0 Å². The Morgan fingerprint density at radius 1 is 1.71 bits per heavy atom. The highest BCUT2D eigenvalue weighted by molar-refractivity contribution is 7.41. The first kappa shape index (κ1) is 6.93. The molecule has 0 saturated carbocycles. The van der Waals surface area contributed by atoms with E-state index >= 15 is 0 Å². The number of hydrogen-bond acceptors (Lipinski definition) is 1. The molecule has 0 rings (SSSR count). The van der Waals surface area contributed by atoms with Crippen molar-refractivity contribution in [2.45, 2.75) is 13.8 Å². The van der Waals surface area contributed by atoms with Gasteiger partial charge in [0.2, 0.25) is 8.03 Å². The smallest absolute Gasteiger partial charge is 0.211 e. The Balaban J connectivity index is 3.68. The number of allylic oxidation sites excluding steroid dienone is 1. The van der Waals surface area contributed by atoms with E-state index in [1.165, 1.54) is 5.82 Å². The van der Waals surface area contributed by atoms with Gasteiger partial charge in [0, 0.05) is 0 Å². The third kappa shape index (κ3) is 5.93. The molecule has 0 heterocycles. The van der Waals surface area contributed by atoms with E-state index in [4.69, 9.17) is 4.89 Å². The molecule has 7 heavy (non-hydrogen) atoms. The van der Waals surface area contributed by atoms with Crippen molar-refractivity contribution < 1.29 is 9.46 Å². The van der Waals surface area contributed by atoms with E-state index in [1.807, 2.05) is 0 Å². The van der Waals surface area contributed by atoms with Gasteiger partial charge in [-0.15, -0.1) is 0 Å². The van der Waals surface area contributed by atoms with Gasteiger partial charge in [0.1, 0.15) is 0 Å². The van der Waals surface area contributed by atoms with E-state index < -0.39 is 8.03 Å². The molecule has 0 bridgehead atoms. The van der Waals surface area contributed by atoms with Crippen LogP contribution in [-0.2, 0) is 4.57 Å². The molecule has 0 aliphatic rings. The van der Waals surface area contributed by atoms with E-state index in [9.17, 15) is 4.57 Å². The first-order valence-corrected chi connectivity index (χ1v) is 3.44. The van der Waals surface area contributed by atoms with Crippen molar-refractivity contribution >= 4 is 8.03 Å². The Morgan fingerprint density at radius 2 is 2.14 bits per heavy atom. The molecular formula is C4H9O2P. The Hall–Kier alpha value is -0.0700. The predicted octanol–water partition coefficient (Wildman–Crippen LogP) is 1.38. The highest BCUT2D eigenvalue weighted by atomic mass is 31.1. The normalized spacial score (nSPS) is 13.0. The van der Waals surface area contributed by atoms with Gasteiger partial charge < -0.3 is 4.89 Å². The van der Waals surface area contributed by atoms with Gasteiger partial charge in [0.15, 0.2) is 0 Å². The fraction of sp³-hybridized carbons (Fsp3) is 0.500. The molecule has 0 fully saturated rings. The van der Waals surface area contributed by atoms with Crippen LogP contribution in [0.1, 0.15) is 13.8 Å². The maximum atomic E-state index is 9.92. The van der Waals surface area contributed by atoms with Gasteiger partial charge in [0.05, 0.1) is 0 Å². The summed E-state index contributed by atoms with van der Waals surface area (Å²) in [5, 5.41) is 0. The van der Waals surface area contributed by atoms with Crippen molar-refractivity contribution in [3.05, 3.63) is 11.4 Å². The molecule has 0 aromatic rings. The third-order valence-electron chi connectivity index (χ3n) is 0.412. The van der Waals surface area contributed by atoms with Crippen LogP contribution in [0, 0.1) is 0 Å². The Labute approximate surface area is 43.7 Å². The lowest BCUT2D eigenvalue weighted by Gasteiger charge is -1.81. The minimum atomic E-state index is -2.35. The van der Waals surface area contributed by atoms with Crippen LogP contribution in [0.3, 0.4) is 0 Å². The minimum Gasteiger partial charge on any atom is -0.343 e. The predicted molar refractivity (Wildman–Crippen MR) is 30.7 cm³/mol. The Morgan fingerprint density at radius 3 is 2.14 bits per heavy atom. The Kier molecular flexibility index (Phi) is 2.97. The number of hydrogen-bond donors (Lipinski definition) is 1. The summed E-state index contributed by atoms with van der Waals surface area (Å²) in [6.45, 7) is 3.58. The molecule has 0 amide bonds. The largest absolute Gasteiger partial charge is 0.343 e.